The molecule has 1 heterocycles. The highest BCUT2D eigenvalue weighted by Gasteiger charge is 2.24. The maximum Gasteiger partial charge on any atom is 0.313 e. The fourth-order valence-corrected chi connectivity index (χ4v) is 2.21. The Morgan fingerprint density at radius 1 is 1.38 bits per heavy atom. The summed E-state index contributed by atoms with van der Waals surface area (Å²) in [6.45, 7) is 1.17. The number of hydrogen-bond donors (Lipinski definition) is 1. The van der Waals surface area contributed by atoms with E-state index in [1.165, 1.54) is 4.90 Å². The molecule has 1 saturated heterocycles. The van der Waals surface area contributed by atoms with Gasteiger partial charge in [0.05, 0.1) is 13.2 Å². The first-order valence-corrected chi connectivity index (χ1v) is 6.92. The van der Waals surface area contributed by atoms with E-state index in [0.29, 0.717) is 18.0 Å². The summed E-state index contributed by atoms with van der Waals surface area (Å²) in [7, 11) is 3.18. The highest BCUT2D eigenvalue weighted by Crippen LogP contribution is 2.15. The quantitative estimate of drug-likeness (QED) is 0.849. The highest BCUT2D eigenvalue weighted by molar-refractivity contribution is 6.39. The number of amides is 2. The van der Waals surface area contributed by atoms with Gasteiger partial charge in [-0.1, -0.05) is 0 Å². The van der Waals surface area contributed by atoms with Crippen LogP contribution in [0.25, 0.3) is 0 Å². The van der Waals surface area contributed by atoms with Crippen molar-refractivity contribution in [2.45, 2.75) is 18.9 Å². The number of hydrogen-bond acceptors (Lipinski definition) is 4. The largest absolute Gasteiger partial charge is 0.497 e. The van der Waals surface area contributed by atoms with Gasteiger partial charge >= 0.3 is 11.8 Å². The van der Waals surface area contributed by atoms with Crippen LogP contribution in [0.5, 0.6) is 5.75 Å². The summed E-state index contributed by atoms with van der Waals surface area (Å²) in [5.41, 5.74) is 0.555. The van der Waals surface area contributed by atoms with Gasteiger partial charge in [0.25, 0.3) is 0 Å². The van der Waals surface area contributed by atoms with Crippen LogP contribution in [0.1, 0.15) is 12.8 Å². The van der Waals surface area contributed by atoms with Crippen LogP contribution in [-0.2, 0) is 14.3 Å². The molecule has 1 aromatic carbocycles. The van der Waals surface area contributed by atoms with Crippen LogP contribution in [0.2, 0.25) is 0 Å². The van der Waals surface area contributed by atoms with Crippen LogP contribution in [0.3, 0.4) is 0 Å². The summed E-state index contributed by atoms with van der Waals surface area (Å²) >= 11 is 0. The van der Waals surface area contributed by atoms with Crippen LogP contribution in [0.15, 0.2) is 24.3 Å². The Bertz CT molecular complexity index is 495. The minimum Gasteiger partial charge on any atom is -0.497 e. The molecule has 0 unspecified atom stereocenters. The summed E-state index contributed by atoms with van der Waals surface area (Å²) < 4.78 is 10.5. The van der Waals surface area contributed by atoms with Gasteiger partial charge in [0, 0.05) is 25.9 Å². The van der Waals surface area contributed by atoms with Gasteiger partial charge in [-0.15, -0.1) is 0 Å². The summed E-state index contributed by atoms with van der Waals surface area (Å²) in [5.74, 6) is -0.531. The fourth-order valence-electron chi connectivity index (χ4n) is 2.21. The number of nitrogens with zero attached hydrogens (tertiary/aromatic N) is 1. The predicted octanol–water partition coefficient (Wildman–Crippen LogP) is 1.27. The molecule has 6 heteroatoms. The van der Waals surface area contributed by atoms with Gasteiger partial charge in [-0.3, -0.25) is 9.59 Å². The number of rotatable bonds is 4. The Hall–Kier alpha value is -2.08. The third-order valence-corrected chi connectivity index (χ3v) is 3.39. The molecule has 0 bridgehead atoms. The van der Waals surface area contributed by atoms with Crippen LogP contribution < -0.4 is 10.1 Å². The minimum atomic E-state index is -0.652. The fraction of sp³-hybridized carbons (Fsp3) is 0.467. The molecule has 6 nitrogen and oxygen atoms in total. The molecule has 1 fully saturated rings. The van der Waals surface area contributed by atoms with E-state index < -0.39 is 11.8 Å². The Morgan fingerprint density at radius 2 is 2.10 bits per heavy atom. The minimum absolute atomic E-state index is 0.0349. The normalized spacial score (nSPS) is 17.3. The number of nitrogens with one attached hydrogen (secondary N) is 1. The van der Waals surface area contributed by atoms with Gasteiger partial charge in [-0.2, -0.15) is 0 Å². The third kappa shape index (κ3) is 4.19. The van der Waals surface area contributed by atoms with E-state index in [-0.39, 0.29) is 6.10 Å². The van der Waals surface area contributed by atoms with Crippen LogP contribution >= 0.6 is 0 Å². The molecule has 2 rings (SSSR count). The molecular formula is C15H20N2O4. The van der Waals surface area contributed by atoms with Gasteiger partial charge in [0.15, 0.2) is 0 Å². The molecule has 0 radical (unpaired) electrons. The molecule has 0 saturated carbocycles. The second kappa shape index (κ2) is 7.08. The van der Waals surface area contributed by atoms with Crippen molar-refractivity contribution >= 4 is 17.5 Å². The average molecular weight is 292 g/mol. The van der Waals surface area contributed by atoms with E-state index in [2.05, 4.69) is 5.32 Å². The zero-order valence-corrected chi connectivity index (χ0v) is 12.3. The van der Waals surface area contributed by atoms with Gasteiger partial charge < -0.3 is 19.7 Å². The van der Waals surface area contributed by atoms with Crippen molar-refractivity contribution in [3.8, 4) is 5.75 Å². The average Bonchev–Trinajstić information content (AvgIpc) is 3.00. The van der Waals surface area contributed by atoms with Gasteiger partial charge in [-0.25, -0.2) is 0 Å². The topological polar surface area (TPSA) is 67.9 Å². The number of carbonyl (C=O) groups excluding carboxylic acids is 2. The highest BCUT2D eigenvalue weighted by atomic mass is 16.5. The number of benzene rings is 1. The third-order valence-electron chi connectivity index (χ3n) is 3.39. The lowest BCUT2D eigenvalue weighted by molar-refractivity contribution is -0.143. The first-order chi connectivity index (χ1) is 10.1. The second-order valence-electron chi connectivity index (χ2n) is 5.00. The maximum atomic E-state index is 12.0. The van der Waals surface area contributed by atoms with Crippen molar-refractivity contribution in [1.29, 1.82) is 0 Å². The van der Waals surface area contributed by atoms with Crippen molar-refractivity contribution in [3.63, 3.8) is 0 Å². The number of likely N-dealkylation sites (N-methyl/N-ethyl adjacent to an activating group) is 1. The van der Waals surface area contributed by atoms with Crippen molar-refractivity contribution in [2.24, 2.45) is 0 Å². The van der Waals surface area contributed by atoms with Crippen LogP contribution in [-0.4, -0.2) is 50.1 Å². The number of methoxy groups -OCH3 is 1. The van der Waals surface area contributed by atoms with Crippen molar-refractivity contribution < 1.29 is 19.1 Å². The van der Waals surface area contributed by atoms with E-state index >= 15 is 0 Å². The monoisotopic (exact) mass is 292 g/mol. The maximum absolute atomic E-state index is 12.0. The second-order valence-corrected chi connectivity index (χ2v) is 5.00. The van der Waals surface area contributed by atoms with E-state index in [9.17, 15) is 9.59 Å². The summed E-state index contributed by atoms with van der Waals surface area (Å²) in [6.07, 6.45) is 1.97. The van der Waals surface area contributed by atoms with Crippen molar-refractivity contribution in [1.82, 2.24) is 4.90 Å². The summed E-state index contributed by atoms with van der Waals surface area (Å²) in [4.78, 5) is 25.3. The predicted molar refractivity (Wildman–Crippen MR) is 78.2 cm³/mol. The molecule has 21 heavy (non-hydrogen) atoms. The SMILES string of the molecule is COc1ccc(NC(=O)C(=O)N(C)C[C@H]2CCCO2)cc1. The molecule has 1 atom stereocenters. The zero-order chi connectivity index (χ0) is 15.2. The van der Waals surface area contributed by atoms with Gasteiger partial charge in [0.1, 0.15) is 5.75 Å². The van der Waals surface area contributed by atoms with Crippen molar-refractivity contribution in [2.75, 3.05) is 32.6 Å². The Balaban J connectivity index is 1.87. The van der Waals surface area contributed by atoms with Crippen molar-refractivity contribution in [3.05, 3.63) is 24.3 Å². The molecule has 0 aliphatic carbocycles. The molecule has 1 aliphatic rings. The van der Waals surface area contributed by atoms with Crippen LogP contribution in [0, 0.1) is 0 Å². The summed E-state index contributed by atoms with van der Waals surface area (Å²) in [6, 6.07) is 6.81. The van der Waals surface area contributed by atoms with E-state index in [1.54, 1.807) is 38.4 Å². The number of anilines is 1. The molecule has 1 aromatic rings. The molecule has 1 N–H and O–H groups in total. The lowest BCUT2D eigenvalue weighted by atomic mass is 10.2. The molecule has 1 aliphatic heterocycles. The van der Waals surface area contributed by atoms with Crippen LogP contribution in [0.4, 0.5) is 5.69 Å². The zero-order valence-electron chi connectivity index (χ0n) is 12.3. The van der Waals surface area contributed by atoms with Gasteiger partial charge in [-0.05, 0) is 37.1 Å². The Kier molecular flexibility index (Phi) is 5.16. The molecular weight excluding hydrogens is 272 g/mol. The number of ether oxygens (including phenoxy) is 2. The van der Waals surface area contributed by atoms with Gasteiger partial charge in [0.2, 0.25) is 0 Å². The molecule has 114 valence electrons. The Labute approximate surface area is 124 Å². The molecule has 2 amide bonds. The molecule has 0 spiro atoms. The smallest absolute Gasteiger partial charge is 0.313 e. The first kappa shape index (κ1) is 15.3. The standard InChI is InChI=1S/C15H20N2O4/c1-17(10-13-4-3-9-21-13)15(19)14(18)16-11-5-7-12(20-2)8-6-11/h5-8,13H,3-4,9-10H2,1-2H3,(H,16,18)/t13-/m1/s1. The number of carbonyl (C=O) groups is 2. The van der Waals surface area contributed by atoms with E-state index in [0.717, 1.165) is 19.4 Å². The lowest BCUT2D eigenvalue weighted by Crippen LogP contribution is -2.40. The van der Waals surface area contributed by atoms with E-state index in [4.69, 9.17) is 9.47 Å². The lowest BCUT2D eigenvalue weighted by Gasteiger charge is -2.20. The van der Waals surface area contributed by atoms with E-state index in [1.807, 2.05) is 0 Å². The summed E-state index contributed by atoms with van der Waals surface area (Å²) in [5, 5.41) is 2.57. The first-order valence-electron chi connectivity index (χ1n) is 6.92. The molecule has 0 aromatic heterocycles. The Morgan fingerprint density at radius 3 is 2.67 bits per heavy atom.